The van der Waals surface area contributed by atoms with Gasteiger partial charge in [0, 0.05) is 17.7 Å². The molecule has 2 amide bonds. The van der Waals surface area contributed by atoms with Crippen molar-refractivity contribution in [2.75, 3.05) is 19.0 Å². The van der Waals surface area contributed by atoms with Gasteiger partial charge in [-0.2, -0.15) is 0 Å². The van der Waals surface area contributed by atoms with Gasteiger partial charge in [0.1, 0.15) is 0 Å². The van der Waals surface area contributed by atoms with Crippen molar-refractivity contribution in [3.8, 4) is 0 Å². The van der Waals surface area contributed by atoms with Crippen molar-refractivity contribution in [2.24, 2.45) is 0 Å². The first-order chi connectivity index (χ1) is 12.1. The van der Waals surface area contributed by atoms with Crippen molar-refractivity contribution in [1.82, 2.24) is 5.32 Å². The maximum Gasteiger partial charge on any atom is 0.339 e. The van der Waals surface area contributed by atoms with Gasteiger partial charge in [0.05, 0.1) is 18.4 Å². The smallest absolute Gasteiger partial charge is 0.339 e. The summed E-state index contributed by atoms with van der Waals surface area (Å²) in [7, 11) is 1.28. The summed E-state index contributed by atoms with van der Waals surface area (Å²) in [5, 5.41) is 5.44. The van der Waals surface area contributed by atoms with Gasteiger partial charge in [-0.3, -0.25) is 9.59 Å². The first-order valence-electron chi connectivity index (χ1n) is 7.93. The Bertz CT molecular complexity index is 786. The average molecular weight is 340 g/mol. The van der Waals surface area contributed by atoms with Crippen molar-refractivity contribution >= 4 is 23.5 Å². The summed E-state index contributed by atoms with van der Waals surface area (Å²) in [5.41, 5.74) is 1.33. The van der Waals surface area contributed by atoms with Crippen LogP contribution in [0.15, 0.2) is 48.5 Å². The number of nitrogens with one attached hydrogen (secondary N) is 2. The van der Waals surface area contributed by atoms with E-state index in [9.17, 15) is 14.4 Å². The van der Waals surface area contributed by atoms with E-state index in [4.69, 9.17) is 4.74 Å². The highest BCUT2D eigenvalue weighted by Gasteiger charge is 2.15. The molecule has 0 heterocycles. The molecule has 0 aliphatic rings. The van der Waals surface area contributed by atoms with Gasteiger partial charge in [-0.15, -0.1) is 0 Å². The fourth-order valence-corrected chi connectivity index (χ4v) is 2.22. The molecule has 6 heteroatoms. The van der Waals surface area contributed by atoms with Crippen LogP contribution in [-0.4, -0.2) is 31.4 Å². The van der Waals surface area contributed by atoms with E-state index in [2.05, 4.69) is 10.6 Å². The number of anilines is 1. The minimum atomic E-state index is -0.538. The molecule has 0 unspecified atom stereocenters. The number of benzene rings is 2. The highest BCUT2D eigenvalue weighted by Crippen LogP contribution is 2.17. The standard InChI is InChI=1S/C19H20N2O4/c1-3-11-20-17(22)13-7-6-8-14(12-13)18(23)21-16-10-5-4-9-15(16)19(24)25-2/h4-10,12H,3,11H2,1-2H3,(H,20,22)(H,21,23). The van der Waals surface area contributed by atoms with Crippen molar-refractivity contribution < 1.29 is 19.1 Å². The number of para-hydroxylation sites is 1. The highest BCUT2D eigenvalue weighted by atomic mass is 16.5. The summed E-state index contributed by atoms with van der Waals surface area (Å²) in [6, 6.07) is 13.0. The number of carbonyl (C=O) groups is 3. The Morgan fingerprint density at radius 1 is 0.960 bits per heavy atom. The largest absolute Gasteiger partial charge is 0.465 e. The molecule has 0 spiro atoms. The van der Waals surface area contributed by atoms with Crippen LogP contribution in [0.2, 0.25) is 0 Å². The van der Waals surface area contributed by atoms with E-state index in [-0.39, 0.29) is 11.5 Å². The first-order valence-corrected chi connectivity index (χ1v) is 7.93. The molecule has 0 atom stereocenters. The number of carbonyl (C=O) groups excluding carboxylic acids is 3. The van der Waals surface area contributed by atoms with E-state index in [1.54, 1.807) is 42.5 Å². The molecule has 0 aliphatic heterocycles. The van der Waals surface area contributed by atoms with E-state index in [0.717, 1.165) is 6.42 Å². The number of hydrogen-bond acceptors (Lipinski definition) is 4. The molecule has 0 bridgehead atoms. The molecule has 25 heavy (non-hydrogen) atoms. The number of ether oxygens (including phenoxy) is 1. The molecule has 0 saturated heterocycles. The lowest BCUT2D eigenvalue weighted by Gasteiger charge is -2.10. The van der Waals surface area contributed by atoms with E-state index in [1.165, 1.54) is 13.2 Å². The molecule has 0 saturated carbocycles. The van der Waals surface area contributed by atoms with Crippen LogP contribution in [0.3, 0.4) is 0 Å². The van der Waals surface area contributed by atoms with Gasteiger partial charge < -0.3 is 15.4 Å². The highest BCUT2D eigenvalue weighted by molar-refractivity contribution is 6.09. The van der Waals surface area contributed by atoms with Gasteiger partial charge in [-0.25, -0.2) is 4.79 Å². The number of hydrogen-bond donors (Lipinski definition) is 2. The van der Waals surface area contributed by atoms with E-state index >= 15 is 0 Å². The number of amides is 2. The molecular weight excluding hydrogens is 320 g/mol. The summed E-state index contributed by atoms with van der Waals surface area (Å²) < 4.78 is 4.71. The zero-order chi connectivity index (χ0) is 18.2. The normalized spacial score (nSPS) is 10.0. The second kappa shape index (κ2) is 8.63. The molecule has 0 aliphatic carbocycles. The van der Waals surface area contributed by atoms with E-state index in [1.807, 2.05) is 6.92 Å². The van der Waals surface area contributed by atoms with Crippen molar-refractivity contribution in [3.05, 3.63) is 65.2 Å². The van der Waals surface area contributed by atoms with Gasteiger partial charge >= 0.3 is 5.97 Å². The number of methoxy groups -OCH3 is 1. The summed E-state index contributed by atoms with van der Waals surface area (Å²) >= 11 is 0. The molecule has 6 nitrogen and oxygen atoms in total. The molecule has 2 rings (SSSR count). The third-order valence-corrected chi connectivity index (χ3v) is 3.50. The molecule has 2 N–H and O–H groups in total. The van der Waals surface area contributed by atoms with Gasteiger partial charge in [0.2, 0.25) is 0 Å². The zero-order valence-electron chi connectivity index (χ0n) is 14.2. The minimum Gasteiger partial charge on any atom is -0.465 e. The predicted octanol–water partition coefficient (Wildman–Crippen LogP) is 2.87. The van der Waals surface area contributed by atoms with Gasteiger partial charge in [0.15, 0.2) is 0 Å². The third-order valence-electron chi connectivity index (χ3n) is 3.50. The molecule has 2 aromatic carbocycles. The van der Waals surface area contributed by atoms with Crippen LogP contribution in [0.4, 0.5) is 5.69 Å². The second-order valence-electron chi connectivity index (χ2n) is 5.33. The lowest BCUT2D eigenvalue weighted by atomic mass is 10.1. The maximum atomic E-state index is 12.5. The summed E-state index contributed by atoms with van der Waals surface area (Å²) in [5.74, 6) is -1.18. The molecule has 0 fully saturated rings. The van der Waals surface area contributed by atoms with Crippen molar-refractivity contribution in [1.29, 1.82) is 0 Å². The fraction of sp³-hybridized carbons (Fsp3) is 0.211. The zero-order valence-corrected chi connectivity index (χ0v) is 14.2. The lowest BCUT2D eigenvalue weighted by Crippen LogP contribution is -2.24. The van der Waals surface area contributed by atoms with Gasteiger partial charge in [-0.05, 0) is 36.8 Å². The van der Waals surface area contributed by atoms with Crippen LogP contribution in [0, 0.1) is 0 Å². The Morgan fingerprint density at radius 3 is 2.32 bits per heavy atom. The lowest BCUT2D eigenvalue weighted by molar-refractivity contribution is 0.0601. The number of esters is 1. The maximum absolute atomic E-state index is 12.5. The van der Waals surface area contributed by atoms with Crippen LogP contribution in [-0.2, 0) is 4.74 Å². The SMILES string of the molecule is CCCNC(=O)c1cccc(C(=O)Nc2ccccc2C(=O)OC)c1. The Kier molecular flexibility index (Phi) is 6.28. The monoisotopic (exact) mass is 340 g/mol. The predicted molar refractivity (Wildman–Crippen MR) is 94.8 cm³/mol. The fourth-order valence-electron chi connectivity index (χ4n) is 2.22. The first kappa shape index (κ1) is 18.2. The average Bonchev–Trinajstić information content (AvgIpc) is 2.66. The Hall–Kier alpha value is -3.15. The third kappa shape index (κ3) is 4.67. The van der Waals surface area contributed by atoms with Crippen LogP contribution < -0.4 is 10.6 Å². The van der Waals surface area contributed by atoms with Crippen LogP contribution in [0.25, 0.3) is 0 Å². The Morgan fingerprint density at radius 2 is 1.64 bits per heavy atom. The topological polar surface area (TPSA) is 84.5 Å². The Labute approximate surface area is 146 Å². The molecule has 0 radical (unpaired) electrons. The van der Waals surface area contributed by atoms with E-state index < -0.39 is 11.9 Å². The van der Waals surface area contributed by atoms with Crippen molar-refractivity contribution in [3.63, 3.8) is 0 Å². The van der Waals surface area contributed by atoms with Gasteiger partial charge in [0.25, 0.3) is 11.8 Å². The van der Waals surface area contributed by atoms with Crippen LogP contribution >= 0.6 is 0 Å². The minimum absolute atomic E-state index is 0.230. The van der Waals surface area contributed by atoms with Crippen LogP contribution in [0.1, 0.15) is 44.4 Å². The summed E-state index contributed by atoms with van der Waals surface area (Å²) in [6.07, 6.45) is 0.830. The summed E-state index contributed by atoms with van der Waals surface area (Å²) in [6.45, 7) is 2.53. The quantitative estimate of drug-likeness (QED) is 0.792. The molecule has 0 aromatic heterocycles. The second-order valence-corrected chi connectivity index (χ2v) is 5.33. The summed E-state index contributed by atoms with van der Waals surface area (Å²) in [4.78, 5) is 36.3. The van der Waals surface area contributed by atoms with Gasteiger partial charge in [-0.1, -0.05) is 25.1 Å². The molecule has 130 valence electrons. The number of rotatable bonds is 6. The van der Waals surface area contributed by atoms with Crippen molar-refractivity contribution in [2.45, 2.75) is 13.3 Å². The Balaban J connectivity index is 2.20. The van der Waals surface area contributed by atoms with Crippen LogP contribution in [0.5, 0.6) is 0 Å². The molecular formula is C19H20N2O4. The molecule has 2 aromatic rings. The van der Waals surface area contributed by atoms with E-state index in [0.29, 0.717) is 23.4 Å².